The van der Waals surface area contributed by atoms with Crippen molar-refractivity contribution in [2.45, 2.75) is 19.0 Å². The lowest BCUT2D eigenvalue weighted by molar-refractivity contribution is -0.129. The maximum Gasteiger partial charge on any atom is 0.225 e. The minimum absolute atomic E-state index is 0.0360. The number of likely N-dealkylation sites (tertiary alicyclic amines) is 1. The number of hydrogen-bond acceptors (Lipinski definition) is 5. The molecule has 4 rings (SSSR count). The van der Waals surface area contributed by atoms with Gasteiger partial charge in [-0.3, -0.25) is 14.5 Å². The van der Waals surface area contributed by atoms with Crippen molar-refractivity contribution in [2.75, 3.05) is 46.5 Å². The number of ether oxygens (including phenoxy) is 2. The van der Waals surface area contributed by atoms with Gasteiger partial charge in [0.1, 0.15) is 5.75 Å². The molecule has 2 aromatic carbocycles. The van der Waals surface area contributed by atoms with Gasteiger partial charge in [0.05, 0.1) is 32.3 Å². The SMILES string of the molecule is COc1ccc(C(CNC(=O)C2CC(=O)N(Cc3ccccc3)C2)N2CCOCC2)cc1. The van der Waals surface area contributed by atoms with Crippen LogP contribution in [-0.4, -0.2) is 68.1 Å². The highest BCUT2D eigenvalue weighted by Gasteiger charge is 2.34. The summed E-state index contributed by atoms with van der Waals surface area (Å²) >= 11 is 0. The number of benzene rings is 2. The molecular formula is C25H31N3O4. The summed E-state index contributed by atoms with van der Waals surface area (Å²) in [5, 5.41) is 3.12. The molecule has 2 fully saturated rings. The minimum atomic E-state index is -0.313. The molecule has 2 aromatic rings. The molecule has 32 heavy (non-hydrogen) atoms. The van der Waals surface area contributed by atoms with E-state index in [1.807, 2.05) is 54.6 Å². The maximum atomic E-state index is 13.0. The first-order chi connectivity index (χ1) is 15.6. The summed E-state index contributed by atoms with van der Waals surface area (Å²) in [6.07, 6.45) is 0.267. The molecule has 2 heterocycles. The molecule has 170 valence electrons. The van der Waals surface area contributed by atoms with Crippen LogP contribution in [0.5, 0.6) is 5.75 Å². The Labute approximate surface area is 189 Å². The highest BCUT2D eigenvalue weighted by atomic mass is 16.5. The normalized spacial score (nSPS) is 20.2. The molecule has 7 heteroatoms. The number of carbonyl (C=O) groups is 2. The van der Waals surface area contributed by atoms with E-state index in [-0.39, 0.29) is 30.2 Å². The Morgan fingerprint density at radius 1 is 1.12 bits per heavy atom. The molecule has 2 amide bonds. The highest BCUT2D eigenvalue weighted by molar-refractivity contribution is 5.89. The Kier molecular flexibility index (Phi) is 7.39. The summed E-state index contributed by atoms with van der Waals surface area (Å²) < 4.78 is 10.8. The first-order valence-corrected chi connectivity index (χ1v) is 11.2. The smallest absolute Gasteiger partial charge is 0.225 e. The van der Waals surface area contributed by atoms with Crippen molar-refractivity contribution < 1.29 is 19.1 Å². The monoisotopic (exact) mass is 437 g/mol. The lowest BCUT2D eigenvalue weighted by Gasteiger charge is -2.35. The molecule has 2 atom stereocenters. The third-order valence-corrected chi connectivity index (χ3v) is 6.26. The van der Waals surface area contributed by atoms with Crippen molar-refractivity contribution in [2.24, 2.45) is 5.92 Å². The fourth-order valence-corrected chi connectivity index (χ4v) is 4.42. The highest BCUT2D eigenvalue weighted by Crippen LogP contribution is 2.25. The number of carbonyl (C=O) groups excluding carboxylic acids is 2. The lowest BCUT2D eigenvalue weighted by Crippen LogP contribution is -2.45. The quantitative estimate of drug-likeness (QED) is 0.686. The minimum Gasteiger partial charge on any atom is -0.497 e. The number of methoxy groups -OCH3 is 1. The third kappa shape index (κ3) is 5.47. The van der Waals surface area contributed by atoms with E-state index in [9.17, 15) is 9.59 Å². The maximum absolute atomic E-state index is 13.0. The first kappa shape index (κ1) is 22.3. The molecule has 0 bridgehead atoms. The predicted molar refractivity (Wildman–Crippen MR) is 121 cm³/mol. The van der Waals surface area contributed by atoms with Crippen LogP contribution in [-0.2, 0) is 20.9 Å². The van der Waals surface area contributed by atoms with Crippen LogP contribution in [0.25, 0.3) is 0 Å². The van der Waals surface area contributed by atoms with Gasteiger partial charge < -0.3 is 19.7 Å². The Morgan fingerprint density at radius 2 is 1.84 bits per heavy atom. The second-order valence-electron chi connectivity index (χ2n) is 8.34. The van der Waals surface area contributed by atoms with E-state index in [0.717, 1.165) is 30.0 Å². The second kappa shape index (κ2) is 10.6. The van der Waals surface area contributed by atoms with E-state index in [2.05, 4.69) is 10.2 Å². The van der Waals surface area contributed by atoms with Gasteiger partial charge in [0.25, 0.3) is 0 Å². The van der Waals surface area contributed by atoms with Crippen molar-refractivity contribution in [3.8, 4) is 5.75 Å². The Morgan fingerprint density at radius 3 is 2.53 bits per heavy atom. The topological polar surface area (TPSA) is 71.1 Å². The van der Waals surface area contributed by atoms with Gasteiger partial charge >= 0.3 is 0 Å². The van der Waals surface area contributed by atoms with Crippen LogP contribution in [0, 0.1) is 5.92 Å². The van der Waals surface area contributed by atoms with E-state index in [0.29, 0.717) is 32.8 Å². The number of nitrogens with one attached hydrogen (secondary N) is 1. The molecule has 0 saturated carbocycles. The summed E-state index contributed by atoms with van der Waals surface area (Å²) in [7, 11) is 1.65. The summed E-state index contributed by atoms with van der Waals surface area (Å²) in [4.78, 5) is 29.5. The molecular weight excluding hydrogens is 406 g/mol. The first-order valence-electron chi connectivity index (χ1n) is 11.2. The van der Waals surface area contributed by atoms with Crippen LogP contribution in [0.3, 0.4) is 0 Å². The number of nitrogens with zero attached hydrogens (tertiary/aromatic N) is 2. The molecule has 0 aromatic heterocycles. The fraction of sp³-hybridized carbons (Fsp3) is 0.440. The van der Waals surface area contributed by atoms with Gasteiger partial charge in [0.2, 0.25) is 11.8 Å². The number of amides is 2. The average molecular weight is 438 g/mol. The zero-order valence-corrected chi connectivity index (χ0v) is 18.5. The Hall–Kier alpha value is -2.90. The van der Waals surface area contributed by atoms with Crippen LogP contribution < -0.4 is 10.1 Å². The average Bonchev–Trinajstić information content (AvgIpc) is 3.21. The van der Waals surface area contributed by atoms with Gasteiger partial charge in [-0.05, 0) is 23.3 Å². The summed E-state index contributed by atoms with van der Waals surface area (Å²) in [5.41, 5.74) is 2.20. The molecule has 2 saturated heterocycles. The van der Waals surface area contributed by atoms with Gasteiger partial charge in [-0.15, -0.1) is 0 Å². The second-order valence-corrected chi connectivity index (χ2v) is 8.34. The predicted octanol–water partition coefficient (Wildman–Crippen LogP) is 2.23. The van der Waals surface area contributed by atoms with E-state index in [1.165, 1.54) is 0 Å². The summed E-state index contributed by atoms with van der Waals surface area (Å²) in [6.45, 7) is 4.52. The van der Waals surface area contributed by atoms with E-state index >= 15 is 0 Å². The molecule has 0 radical (unpaired) electrons. The number of rotatable bonds is 8. The molecule has 0 spiro atoms. The summed E-state index contributed by atoms with van der Waals surface area (Å²) in [6, 6.07) is 17.9. The van der Waals surface area contributed by atoms with Gasteiger partial charge in [0, 0.05) is 39.1 Å². The van der Waals surface area contributed by atoms with Crippen LogP contribution in [0.4, 0.5) is 0 Å². The Bertz CT molecular complexity index is 897. The van der Waals surface area contributed by atoms with Crippen molar-refractivity contribution >= 4 is 11.8 Å². The van der Waals surface area contributed by atoms with Gasteiger partial charge in [0.15, 0.2) is 0 Å². The van der Waals surface area contributed by atoms with Crippen LogP contribution in [0.1, 0.15) is 23.6 Å². The molecule has 7 nitrogen and oxygen atoms in total. The molecule has 2 unspecified atom stereocenters. The summed E-state index contributed by atoms with van der Waals surface area (Å²) in [5.74, 6) is 0.475. The van der Waals surface area contributed by atoms with Gasteiger partial charge in [-0.25, -0.2) is 0 Å². The molecule has 0 aliphatic carbocycles. The van der Waals surface area contributed by atoms with E-state index in [1.54, 1.807) is 12.0 Å². The van der Waals surface area contributed by atoms with E-state index < -0.39 is 0 Å². The van der Waals surface area contributed by atoms with Crippen molar-refractivity contribution in [3.05, 3.63) is 65.7 Å². The van der Waals surface area contributed by atoms with Crippen molar-refractivity contribution in [3.63, 3.8) is 0 Å². The van der Waals surface area contributed by atoms with Crippen LogP contribution in [0.15, 0.2) is 54.6 Å². The standard InChI is InChI=1S/C25H31N3O4/c1-31-22-9-7-20(8-10-22)23(27-11-13-32-14-12-27)16-26-25(30)21-15-24(29)28(18-21)17-19-5-3-2-4-6-19/h2-10,21,23H,11-18H2,1H3,(H,26,30). The van der Waals surface area contributed by atoms with Gasteiger partial charge in [-0.2, -0.15) is 0 Å². The largest absolute Gasteiger partial charge is 0.497 e. The van der Waals surface area contributed by atoms with Crippen molar-refractivity contribution in [1.82, 2.24) is 15.1 Å². The van der Waals surface area contributed by atoms with Gasteiger partial charge in [-0.1, -0.05) is 42.5 Å². The van der Waals surface area contributed by atoms with Crippen LogP contribution >= 0.6 is 0 Å². The van der Waals surface area contributed by atoms with E-state index in [4.69, 9.17) is 9.47 Å². The number of morpholine rings is 1. The molecule has 2 aliphatic heterocycles. The lowest BCUT2D eigenvalue weighted by atomic mass is 10.0. The van der Waals surface area contributed by atoms with Crippen molar-refractivity contribution in [1.29, 1.82) is 0 Å². The zero-order chi connectivity index (χ0) is 22.3. The third-order valence-electron chi connectivity index (χ3n) is 6.26. The number of hydrogen-bond donors (Lipinski definition) is 1. The Balaban J connectivity index is 1.37. The molecule has 1 N–H and O–H groups in total. The zero-order valence-electron chi connectivity index (χ0n) is 18.5. The fourth-order valence-electron chi connectivity index (χ4n) is 4.42. The molecule has 2 aliphatic rings. The van der Waals surface area contributed by atoms with Crippen LogP contribution in [0.2, 0.25) is 0 Å².